The molecule has 3 unspecified atom stereocenters. The molecule has 1 saturated heterocycles. The summed E-state index contributed by atoms with van der Waals surface area (Å²) in [5.41, 5.74) is 1.19. The van der Waals surface area contributed by atoms with Crippen LogP contribution in [0.5, 0.6) is 0 Å². The summed E-state index contributed by atoms with van der Waals surface area (Å²) in [7, 11) is 1.91. The van der Waals surface area contributed by atoms with Gasteiger partial charge in [-0.3, -0.25) is 4.68 Å². The zero-order valence-corrected chi connectivity index (χ0v) is 10.7. The molecule has 17 heavy (non-hydrogen) atoms. The summed E-state index contributed by atoms with van der Waals surface area (Å²) in [6.07, 6.45) is 7.56. The fraction of sp³-hybridized carbons (Fsp3) is 0.769. The van der Waals surface area contributed by atoms with Crippen molar-refractivity contribution in [3.63, 3.8) is 0 Å². The monoisotopic (exact) mass is 238 g/mol. The number of rotatable bonds is 5. The number of aromatic nitrogens is 2. The molecule has 1 aliphatic heterocycles. The van der Waals surface area contributed by atoms with Gasteiger partial charge >= 0.3 is 0 Å². The summed E-state index contributed by atoms with van der Waals surface area (Å²) in [5, 5.41) is 14.3. The van der Waals surface area contributed by atoms with Crippen molar-refractivity contribution in [3.05, 3.63) is 18.0 Å². The van der Waals surface area contributed by atoms with Gasteiger partial charge < -0.3 is 9.84 Å². The largest absolute Gasteiger partial charge is 0.393 e. The Kier molecular flexibility index (Phi) is 4.18. The second-order valence-electron chi connectivity index (χ2n) is 4.90. The maximum atomic E-state index is 10.2. The van der Waals surface area contributed by atoms with Crippen molar-refractivity contribution in [2.24, 2.45) is 13.0 Å². The molecule has 0 radical (unpaired) electrons. The Morgan fingerprint density at radius 3 is 3.12 bits per heavy atom. The van der Waals surface area contributed by atoms with E-state index >= 15 is 0 Å². The highest BCUT2D eigenvalue weighted by Gasteiger charge is 2.32. The molecular weight excluding hydrogens is 216 g/mol. The molecule has 4 heteroatoms. The van der Waals surface area contributed by atoms with Gasteiger partial charge in [-0.05, 0) is 31.2 Å². The summed E-state index contributed by atoms with van der Waals surface area (Å²) in [4.78, 5) is 0. The molecule has 4 nitrogen and oxygen atoms in total. The molecule has 1 aliphatic rings. The fourth-order valence-electron chi connectivity index (χ4n) is 2.66. The molecule has 3 atom stereocenters. The summed E-state index contributed by atoms with van der Waals surface area (Å²) >= 11 is 0. The molecule has 0 bridgehead atoms. The van der Waals surface area contributed by atoms with Gasteiger partial charge in [0, 0.05) is 25.8 Å². The minimum Gasteiger partial charge on any atom is -0.393 e. The molecule has 1 fully saturated rings. The van der Waals surface area contributed by atoms with Gasteiger partial charge in [-0.2, -0.15) is 5.10 Å². The molecule has 1 N–H and O–H groups in total. The van der Waals surface area contributed by atoms with Gasteiger partial charge in [-0.1, -0.05) is 6.92 Å². The first-order valence-electron chi connectivity index (χ1n) is 6.48. The second-order valence-corrected chi connectivity index (χ2v) is 4.90. The molecule has 2 heterocycles. The molecule has 0 saturated carbocycles. The van der Waals surface area contributed by atoms with Crippen molar-refractivity contribution < 1.29 is 9.84 Å². The van der Waals surface area contributed by atoms with Crippen LogP contribution >= 0.6 is 0 Å². The normalized spacial score (nSPS) is 26.3. The Labute approximate surface area is 103 Å². The lowest BCUT2D eigenvalue weighted by Gasteiger charge is -2.22. The highest BCUT2D eigenvalue weighted by molar-refractivity contribution is 5.04. The van der Waals surface area contributed by atoms with Crippen molar-refractivity contribution in [2.75, 3.05) is 6.61 Å². The first kappa shape index (κ1) is 12.6. The van der Waals surface area contributed by atoms with Crippen LogP contribution in [0.4, 0.5) is 0 Å². The molecule has 96 valence electrons. The predicted molar refractivity (Wildman–Crippen MR) is 65.7 cm³/mol. The van der Waals surface area contributed by atoms with Gasteiger partial charge in [0.05, 0.1) is 18.4 Å². The van der Waals surface area contributed by atoms with Crippen LogP contribution in [-0.4, -0.2) is 33.7 Å². The lowest BCUT2D eigenvalue weighted by atomic mass is 9.90. The summed E-state index contributed by atoms with van der Waals surface area (Å²) in [6, 6.07) is 0. The smallest absolute Gasteiger partial charge is 0.0626 e. The van der Waals surface area contributed by atoms with E-state index in [4.69, 9.17) is 4.74 Å². The van der Waals surface area contributed by atoms with E-state index in [1.54, 1.807) is 4.68 Å². The number of aliphatic hydroxyl groups is 1. The third-order valence-electron chi connectivity index (χ3n) is 3.64. The second kappa shape index (κ2) is 5.65. The first-order chi connectivity index (χ1) is 8.20. The first-order valence-corrected chi connectivity index (χ1v) is 6.48. The third kappa shape index (κ3) is 3.07. The molecule has 0 amide bonds. The highest BCUT2D eigenvalue weighted by Crippen LogP contribution is 2.28. The Bertz CT molecular complexity index is 351. The van der Waals surface area contributed by atoms with Gasteiger partial charge in [0.2, 0.25) is 0 Å². The maximum absolute atomic E-state index is 10.2. The molecule has 0 spiro atoms. The van der Waals surface area contributed by atoms with Gasteiger partial charge in [0.25, 0.3) is 0 Å². The van der Waals surface area contributed by atoms with Crippen LogP contribution in [0.15, 0.2) is 12.4 Å². The minimum absolute atomic E-state index is 0.248. The van der Waals surface area contributed by atoms with Gasteiger partial charge in [-0.25, -0.2) is 0 Å². The summed E-state index contributed by atoms with van der Waals surface area (Å²) < 4.78 is 7.42. The van der Waals surface area contributed by atoms with Crippen molar-refractivity contribution in [1.29, 1.82) is 0 Å². The molecule has 0 aliphatic carbocycles. The lowest BCUT2D eigenvalue weighted by Crippen LogP contribution is -2.28. The van der Waals surface area contributed by atoms with E-state index in [1.165, 1.54) is 5.56 Å². The van der Waals surface area contributed by atoms with E-state index in [9.17, 15) is 5.11 Å². The van der Waals surface area contributed by atoms with Crippen LogP contribution in [0.3, 0.4) is 0 Å². The molecule has 1 aromatic heterocycles. The molecule has 1 aromatic rings. The molecule has 0 aromatic carbocycles. The number of ether oxygens (including phenoxy) is 1. The van der Waals surface area contributed by atoms with Crippen LogP contribution < -0.4 is 0 Å². The molecular formula is C13H22N2O2. The topological polar surface area (TPSA) is 47.3 Å². The van der Waals surface area contributed by atoms with Gasteiger partial charge in [0.15, 0.2) is 0 Å². The zero-order valence-electron chi connectivity index (χ0n) is 10.7. The average Bonchev–Trinajstić information content (AvgIpc) is 2.94. The SMILES string of the molecule is CCC1OCCC1C(O)CCc1cnn(C)c1. The van der Waals surface area contributed by atoms with E-state index in [0.717, 1.165) is 32.3 Å². The number of aliphatic hydroxyl groups excluding tert-OH is 1. The number of nitrogens with zero attached hydrogens (tertiary/aromatic N) is 2. The fourth-order valence-corrected chi connectivity index (χ4v) is 2.66. The average molecular weight is 238 g/mol. The number of hydrogen-bond acceptors (Lipinski definition) is 3. The van der Waals surface area contributed by atoms with Crippen molar-refractivity contribution in [2.45, 2.75) is 44.8 Å². The Hall–Kier alpha value is -0.870. The minimum atomic E-state index is -0.248. The summed E-state index contributed by atoms with van der Waals surface area (Å²) in [5.74, 6) is 0.316. The molecule has 2 rings (SSSR count). The van der Waals surface area contributed by atoms with E-state index < -0.39 is 0 Å². The quantitative estimate of drug-likeness (QED) is 0.846. The van der Waals surface area contributed by atoms with Crippen LogP contribution in [0.1, 0.15) is 31.7 Å². The van der Waals surface area contributed by atoms with E-state index in [1.807, 2.05) is 19.4 Å². The van der Waals surface area contributed by atoms with Crippen LogP contribution in [0.25, 0.3) is 0 Å². The summed E-state index contributed by atoms with van der Waals surface area (Å²) in [6.45, 7) is 2.92. The van der Waals surface area contributed by atoms with Gasteiger partial charge in [0.1, 0.15) is 0 Å². The van der Waals surface area contributed by atoms with Crippen LogP contribution in [0, 0.1) is 5.92 Å². The van der Waals surface area contributed by atoms with Crippen molar-refractivity contribution >= 4 is 0 Å². The Morgan fingerprint density at radius 2 is 2.47 bits per heavy atom. The van der Waals surface area contributed by atoms with Crippen LogP contribution in [-0.2, 0) is 18.2 Å². The third-order valence-corrected chi connectivity index (χ3v) is 3.64. The standard InChI is InChI=1S/C13H22N2O2/c1-3-13-11(6-7-17-13)12(16)5-4-10-8-14-15(2)9-10/h8-9,11-13,16H,3-7H2,1-2H3. The van der Waals surface area contributed by atoms with Crippen molar-refractivity contribution in [3.8, 4) is 0 Å². The zero-order chi connectivity index (χ0) is 12.3. The lowest BCUT2D eigenvalue weighted by molar-refractivity contribution is 0.0280. The number of aryl methyl sites for hydroxylation is 2. The number of hydrogen-bond donors (Lipinski definition) is 1. The highest BCUT2D eigenvalue weighted by atomic mass is 16.5. The Morgan fingerprint density at radius 1 is 1.65 bits per heavy atom. The van der Waals surface area contributed by atoms with E-state index in [2.05, 4.69) is 12.0 Å². The van der Waals surface area contributed by atoms with E-state index in [0.29, 0.717) is 5.92 Å². The van der Waals surface area contributed by atoms with Gasteiger partial charge in [-0.15, -0.1) is 0 Å². The predicted octanol–water partition coefficient (Wildman–Crippen LogP) is 1.53. The van der Waals surface area contributed by atoms with E-state index in [-0.39, 0.29) is 12.2 Å². The van der Waals surface area contributed by atoms with Crippen LogP contribution in [0.2, 0.25) is 0 Å². The van der Waals surface area contributed by atoms with Crippen molar-refractivity contribution in [1.82, 2.24) is 9.78 Å². The Balaban J connectivity index is 1.82. The maximum Gasteiger partial charge on any atom is 0.0626 e.